The molecule has 1 amide bonds. The molecule has 0 bridgehead atoms. The summed E-state index contributed by atoms with van der Waals surface area (Å²) < 4.78 is 10.9. The molecule has 1 aliphatic heterocycles. The maximum atomic E-state index is 13.0. The molecule has 2 aromatic carbocycles. The molecule has 2 N–H and O–H groups in total. The van der Waals surface area contributed by atoms with Crippen LogP contribution in [0.3, 0.4) is 0 Å². The third kappa shape index (κ3) is 6.83. The number of rotatable bonds is 10. The van der Waals surface area contributed by atoms with Gasteiger partial charge in [0.05, 0.1) is 40.5 Å². The first kappa shape index (κ1) is 27.6. The number of benzene rings is 2. The molecule has 0 aromatic heterocycles. The number of anilines is 1. The van der Waals surface area contributed by atoms with E-state index < -0.39 is 11.9 Å². The van der Waals surface area contributed by atoms with E-state index in [4.69, 9.17) is 9.47 Å². The summed E-state index contributed by atoms with van der Waals surface area (Å²) >= 11 is 1.22. The number of amides is 1. The number of allylic oxidation sites excluding steroid dienone is 2. The van der Waals surface area contributed by atoms with Crippen LogP contribution in [0.25, 0.3) is 0 Å². The highest BCUT2D eigenvalue weighted by atomic mass is 32.2. The second-order valence-electron chi connectivity index (χ2n) is 8.50. The average molecular weight is 518 g/mol. The number of esters is 1. The van der Waals surface area contributed by atoms with E-state index in [1.807, 2.05) is 63.2 Å². The van der Waals surface area contributed by atoms with E-state index >= 15 is 0 Å². The lowest BCUT2D eigenvalue weighted by Crippen LogP contribution is -2.29. The summed E-state index contributed by atoms with van der Waals surface area (Å²) in [7, 11) is 0. The van der Waals surface area contributed by atoms with Gasteiger partial charge in [-0.1, -0.05) is 48.7 Å². The summed E-state index contributed by atoms with van der Waals surface area (Å²) in [5.74, 6) is -0.616. The van der Waals surface area contributed by atoms with Gasteiger partial charge in [-0.3, -0.25) is 4.79 Å². The van der Waals surface area contributed by atoms with Gasteiger partial charge in [0.15, 0.2) is 0 Å². The van der Waals surface area contributed by atoms with E-state index in [2.05, 4.69) is 23.3 Å². The van der Waals surface area contributed by atoms with Gasteiger partial charge in [0, 0.05) is 11.4 Å². The van der Waals surface area contributed by atoms with Gasteiger partial charge in [-0.25, -0.2) is 4.79 Å². The van der Waals surface area contributed by atoms with Gasteiger partial charge < -0.3 is 20.1 Å². The molecule has 1 aliphatic rings. The molecule has 192 valence electrons. The SMILES string of the molecule is C=CCOC(=O)C1=C(C)NC(SCC(=O)Nc2cc(C)ccc2C)=C(C#N)C1c1ccc(OCC)cc1. The van der Waals surface area contributed by atoms with Crippen LogP contribution in [0.5, 0.6) is 5.75 Å². The number of nitrogens with zero attached hydrogens (tertiary/aromatic N) is 1. The van der Waals surface area contributed by atoms with E-state index in [-0.39, 0.29) is 18.3 Å². The molecule has 0 saturated carbocycles. The third-order valence-corrected chi connectivity index (χ3v) is 6.76. The summed E-state index contributed by atoms with van der Waals surface area (Å²) in [4.78, 5) is 25.8. The zero-order valence-corrected chi connectivity index (χ0v) is 22.3. The summed E-state index contributed by atoms with van der Waals surface area (Å²) in [6.07, 6.45) is 1.49. The Kier molecular flexibility index (Phi) is 9.58. The molecule has 1 atom stereocenters. The lowest BCUT2D eigenvalue weighted by atomic mass is 9.82. The van der Waals surface area contributed by atoms with Crippen LogP contribution in [0.1, 0.15) is 36.5 Å². The molecule has 2 aromatic rings. The third-order valence-electron chi connectivity index (χ3n) is 5.74. The summed E-state index contributed by atoms with van der Waals surface area (Å²) in [5, 5.41) is 16.8. The minimum absolute atomic E-state index is 0.0529. The van der Waals surface area contributed by atoms with Crippen molar-refractivity contribution in [3.8, 4) is 11.8 Å². The second-order valence-corrected chi connectivity index (χ2v) is 9.48. The Labute approximate surface area is 222 Å². The number of nitriles is 1. The molecule has 7 nitrogen and oxygen atoms in total. The second kappa shape index (κ2) is 12.8. The van der Waals surface area contributed by atoms with E-state index in [1.165, 1.54) is 17.8 Å². The lowest BCUT2D eigenvalue weighted by Gasteiger charge is -2.29. The minimum Gasteiger partial charge on any atom is -0.494 e. The van der Waals surface area contributed by atoms with Crippen LogP contribution in [0.15, 0.2) is 77.0 Å². The predicted octanol–water partition coefficient (Wildman–Crippen LogP) is 5.50. The summed E-state index contributed by atoms with van der Waals surface area (Å²) in [6.45, 7) is 11.7. The maximum absolute atomic E-state index is 13.0. The molecule has 8 heteroatoms. The maximum Gasteiger partial charge on any atom is 0.337 e. The van der Waals surface area contributed by atoms with Gasteiger partial charge in [0.25, 0.3) is 0 Å². The van der Waals surface area contributed by atoms with Crippen molar-refractivity contribution in [3.63, 3.8) is 0 Å². The first-order chi connectivity index (χ1) is 17.8. The fourth-order valence-corrected chi connectivity index (χ4v) is 4.85. The molecule has 1 unspecified atom stereocenters. The highest BCUT2D eigenvalue weighted by molar-refractivity contribution is 8.03. The predicted molar refractivity (Wildman–Crippen MR) is 147 cm³/mol. The zero-order valence-electron chi connectivity index (χ0n) is 21.5. The van der Waals surface area contributed by atoms with Crippen molar-refractivity contribution in [3.05, 3.63) is 93.7 Å². The fraction of sp³-hybridized carbons (Fsp3) is 0.276. The standard InChI is InChI=1S/C29H31N3O4S/c1-6-14-36-29(34)26-20(5)31-28(37-17-25(33)32-24-15-18(3)8-9-19(24)4)23(16-30)27(26)21-10-12-22(13-11-21)35-7-2/h6,8-13,15,27,31H,1,7,14,17H2,2-5H3,(H,32,33). The van der Waals surface area contributed by atoms with E-state index in [9.17, 15) is 14.9 Å². The van der Waals surface area contributed by atoms with Crippen LogP contribution in [0.2, 0.25) is 0 Å². The normalized spacial score (nSPS) is 14.9. The fourth-order valence-electron chi connectivity index (χ4n) is 3.96. The van der Waals surface area contributed by atoms with Crippen molar-refractivity contribution in [1.29, 1.82) is 5.26 Å². The van der Waals surface area contributed by atoms with Crippen LogP contribution in [-0.2, 0) is 14.3 Å². The number of carbonyl (C=O) groups excluding carboxylic acids is 2. The smallest absolute Gasteiger partial charge is 0.337 e. The Hall–Kier alpha value is -3.96. The van der Waals surface area contributed by atoms with Crippen molar-refractivity contribution < 1.29 is 19.1 Å². The van der Waals surface area contributed by atoms with Gasteiger partial charge in [-0.15, -0.1) is 0 Å². The lowest BCUT2D eigenvalue weighted by molar-refractivity contribution is -0.138. The molecule has 37 heavy (non-hydrogen) atoms. The highest BCUT2D eigenvalue weighted by Gasteiger charge is 2.35. The van der Waals surface area contributed by atoms with Crippen LogP contribution in [0.4, 0.5) is 5.69 Å². The van der Waals surface area contributed by atoms with E-state index in [0.717, 1.165) is 22.4 Å². The number of carbonyl (C=O) groups is 2. The molecular formula is C29H31N3O4S. The number of ether oxygens (including phenoxy) is 2. The highest BCUT2D eigenvalue weighted by Crippen LogP contribution is 2.41. The van der Waals surface area contributed by atoms with Gasteiger partial charge in [-0.05, 0) is 62.6 Å². The molecule has 0 spiro atoms. The number of aryl methyl sites for hydroxylation is 2. The minimum atomic E-state index is -0.663. The van der Waals surface area contributed by atoms with Crippen LogP contribution < -0.4 is 15.4 Å². The van der Waals surface area contributed by atoms with Crippen LogP contribution >= 0.6 is 11.8 Å². The van der Waals surface area contributed by atoms with Crippen molar-refractivity contribution in [1.82, 2.24) is 5.32 Å². The van der Waals surface area contributed by atoms with Crippen molar-refractivity contribution >= 4 is 29.3 Å². The Balaban J connectivity index is 1.91. The van der Waals surface area contributed by atoms with Gasteiger partial charge in [0.2, 0.25) is 5.91 Å². The van der Waals surface area contributed by atoms with Crippen LogP contribution in [0, 0.1) is 25.2 Å². The summed E-state index contributed by atoms with van der Waals surface area (Å²) in [5.41, 5.74) is 4.75. The van der Waals surface area contributed by atoms with E-state index in [0.29, 0.717) is 34.2 Å². The Bertz CT molecular complexity index is 1290. The van der Waals surface area contributed by atoms with Crippen molar-refractivity contribution in [2.45, 2.75) is 33.6 Å². The molecule has 0 fully saturated rings. The number of nitrogens with one attached hydrogen (secondary N) is 2. The molecule has 0 radical (unpaired) electrons. The first-order valence-corrected chi connectivity index (χ1v) is 12.9. The first-order valence-electron chi connectivity index (χ1n) is 11.9. The van der Waals surface area contributed by atoms with Gasteiger partial charge in [0.1, 0.15) is 12.4 Å². The summed E-state index contributed by atoms with van der Waals surface area (Å²) in [6, 6.07) is 15.4. The number of dihydropyridines is 1. The monoisotopic (exact) mass is 517 g/mol. The van der Waals surface area contributed by atoms with Crippen molar-refractivity contribution in [2.24, 2.45) is 0 Å². The Morgan fingerprint density at radius 3 is 2.57 bits per heavy atom. The topological polar surface area (TPSA) is 100 Å². The molecule has 0 aliphatic carbocycles. The van der Waals surface area contributed by atoms with E-state index in [1.54, 1.807) is 6.92 Å². The largest absolute Gasteiger partial charge is 0.494 e. The van der Waals surface area contributed by atoms with Crippen molar-refractivity contribution in [2.75, 3.05) is 24.3 Å². The zero-order chi connectivity index (χ0) is 26.9. The van der Waals surface area contributed by atoms with Gasteiger partial charge in [-0.2, -0.15) is 5.26 Å². The number of thioether (sulfide) groups is 1. The molecular weight excluding hydrogens is 486 g/mol. The van der Waals surface area contributed by atoms with Crippen LogP contribution in [-0.4, -0.2) is 30.8 Å². The quantitative estimate of drug-likeness (QED) is 0.317. The van der Waals surface area contributed by atoms with Gasteiger partial charge >= 0.3 is 5.97 Å². The Morgan fingerprint density at radius 2 is 1.92 bits per heavy atom. The average Bonchev–Trinajstić information content (AvgIpc) is 2.88. The molecule has 3 rings (SSSR count). The molecule has 1 heterocycles. The molecule has 0 saturated heterocycles. The number of hydrogen-bond donors (Lipinski definition) is 2. The Morgan fingerprint density at radius 1 is 1.19 bits per heavy atom. The number of hydrogen-bond acceptors (Lipinski definition) is 7.